The molecule has 0 unspecified atom stereocenters. The van der Waals surface area contributed by atoms with Gasteiger partial charge in [-0.15, -0.1) is 0 Å². The van der Waals surface area contributed by atoms with Crippen LogP contribution in [-0.2, 0) is 4.79 Å². The lowest BCUT2D eigenvalue weighted by atomic mass is 9.52. The fourth-order valence-electron chi connectivity index (χ4n) is 5.21. The van der Waals surface area contributed by atoms with E-state index in [0.29, 0.717) is 5.91 Å². The lowest BCUT2D eigenvalue weighted by molar-refractivity contribution is -0.127. The Morgan fingerprint density at radius 3 is 2.11 bits per heavy atom. The summed E-state index contributed by atoms with van der Waals surface area (Å²) in [6.07, 6.45) is 7.34. The van der Waals surface area contributed by atoms with Gasteiger partial charge in [0.2, 0.25) is 5.91 Å². The first kappa shape index (κ1) is 11.3. The van der Waals surface area contributed by atoms with Crippen molar-refractivity contribution in [1.29, 1.82) is 0 Å². The zero-order chi connectivity index (χ0) is 12.1. The molecule has 18 heavy (non-hydrogen) atoms. The molecule has 0 aromatic carbocycles. The highest BCUT2D eigenvalue weighted by Gasteiger charge is 2.48. The average Bonchev–Trinajstić information content (AvgIpc) is 2.24. The van der Waals surface area contributed by atoms with Crippen molar-refractivity contribution in [3.8, 4) is 0 Å². The first-order valence-electron chi connectivity index (χ1n) is 7.78. The maximum atomic E-state index is 11.9. The van der Waals surface area contributed by atoms with E-state index in [4.69, 9.17) is 0 Å². The summed E-state index contributed by atoms with van der Waals surface area (Å²) >= 11 is 0. The molecule has 5 rings (SSSR count). The van der Waals surface area contributed by atoms with Gasteiger partial charge in [0, 0.05) is 19.6 Å². The molecule has 4 bridgehead atoms. The fourth-order valence-corrected chi connectivity index (χ4v) is 5.21. The lowest BCUT2D eigenvalue weighted by Gasteiger charge is -2.54. The lowest BCUT2D eigenvalue weighted by Crippen LogP contribution is -2.53. The molecule has 5 fully saturated rings. The molecule has 0 aromatic heterocycles. The van der Waals surface area contributed by atoms with Crippen LogP contribution >= 0.6 is 0 Å². The highest BCUT2D eigenvalue weighted by Crippen LogP contribution is 2.56. The number of carbonyl (C=O) groups excluding carboxylic acids is 1. The van der Waals surface area contributed by atoms with Crippen molar-refractivity contribution < 1.29 is 4.79 Å². The third-order valence-corrected chi connectivity index (χ3v) is 6.09. The third kappa shape index (κ3) is 1.78. The van der Waals surface area contributed by atoms with Gasteiger partial charge < -0.3 is 10.6 Å². The molecule has 0 aromatic rings. The zero-order valence-corrected chi connectivity index (χ0v) is 11.0. The molecule has 3 heteroatoms. The predicted octanol–water partition coefficient (Wildman–Crippen LogP) is 1.39. The van der Waals surface area contributed by atoms with Crippen LogP contribution in [0.2, 0.25) is 0 Å². The van der Waals surface area contributed by atoms with Gasteiger partial charge in [-0.3, -0.25) is 4.79 Å². The summed E-state index contributed by atoms with van der Waals surface area (Å²) in [6, 6.07) is 0. The van der Waals surface area contributed by atoms with Crippen LogP contribution in [0.5, 0.6) is 0 Å². The largest absolute Gasteiger partial charge is 0.355 e. The molecule has 3 nitrogen and oxygen atoms in total. The van der Waals surface area contributed by atoms with Crippen molar-refractivity contribution in [2.45, 2.75) is 32.1 Å². The van der Waals surface area contributed by atoms with E-state index in [0.717, 1.165) is 49.2 Å². The van der Waals surface area contributed by atoms with E-state index in [1.165, 1.54) is 32.1 Å². The molecule has 100 valence electrons. The molecule has 4 aliphatic carbocycles. The van der Waals surface area contributed by atoms with Crippen LogP contribution in [0.3, 0.4) is 0 Å². The Hall–Kier alpha value is -0.570. The Balaban J connectivity index is 1.35. The van der Waals surface area contributed by atoms with Crippen molar-refractivity contribution in [3.05, 3.63) is 0 Å². The van der Waals surface area contributed by atoms with Crippen LogP contribution < -0.4 is 10.6 Å². The number of hydrogen-bond donors (Lipinski definition) is 2. The van der Waals surface area contributed by atoms with E-state index in [-0.39, 0.29) is 5.92 Å². The SMILES string of the molecule is O=C(NCC1C2CC3CC(C2)CC1C3)C1CNC1. The van der Waals surface area contributed by atoms with Gasteiger partial charge in [-0.25, -0.2) is 0 Å². The van der Waals surface area contributed by atoms with Crippen LogP contribution in [0, 0.1) is 35.5 Å². The van der Waals surface area contributed by atoms with Crippen molar-refractivity contribution in [2.24, 2.45) is 35.5 Å². The van der Waals surface area contributed by atoms with Crippen LogP contribution in [0.4, 0.5) is 0 Å². The van der Waals surface area contributed by atoms with Crippen molar-refractivity contribution >= 4 is 5.91 Å². The minimum absolute atomic E-state index is 0.252. The van der Waals surface area contributed by atoms with Gasteiger partial charge in [-0.1, -0.05) is 0 Å². The molecular formula is C15H24N2O. The van der Waals surface area contributed by atoms with Crippen molar-refractivity contribution in [2.75, 3.05) is 19.6 Å². The summed E-state index contributed by atoms with van der Waals surface area (Å²) < 4.78 is 0. The van der Waals surface area contributed by atoms with Crippen LogP contribution in [0.25, 0.3) is 0 Å². The Morgan fingerprint density at radius 2 is 1.61 bits per heavy atom. The first-order valence-corrected chi connectivity index (χ1v) is 7.78. The first-order chi connectivity index (χ1) is 8.79. The summed E-state index contributed by atoms with van der Waals surface area (Å²) in [5, 5.41) is 6.40. The summed E-state index contributed by atoms with van der Waals surface area (Å²) in [7, 11) is 0. The molecular weight excluding hydrogens is 224 g/mol. The normalized spacial score (nSPS) is 45.9. The second kappa shape index (κ2) is 4.22. The second-order valence-corrected chi connectivity index (χ2v) is 7.19. The van der Waals surface area contributed by atoms with Crippen LogP contribution in [0.1, 0.15) is 32.1 Å². The molecule has 0 atom stereocenters. The topological polar surface area (TPSA) is 41.1 Å². The Labute approximate surface area is 109 Å². The van der Waals surface area contributed by atoms with Gasteiger partial charge in [0.25, 0.3) is 0 Å². The van der Waals surface area contributed by atoms with Crippen LogP contribution in [0.15, 0.2) is 0 Å². The van der Waals surface area contributed by atoms with Gasteiger partial charge in [0.15, 0.2) is 0 Å². The summed E-state index contributed by atoms with van der Waals surface area (Å²) in [4.78, 5) is 11.9. The van der Waals surface area contributed by atoms with Gasteiger partial charge in [0.05, 0.1) is 5.92 Å². The van der Waals surface area contributed by atoms with E-state index >= 15 is 0 Å². The van der Waals surface area contributed by atoms with Gasteiger partial charge >= 0.3 is 0 Å². The minimum atomic E-state index is 0.252. The van der Waals surface area contributed by atoms with E-state index in [1.807, 2.05) is 0 Å². The molecule has 0 spiro atoms. The quantitative estimate of drug-likeness (QED) is 0.792. The Morgan fingerprint density at radius 1 is 1.00 bits per heavy atom. The molecule has 1 heterocycles. The highest BCUT2D eigenvalue weighted by atomic mass is 16.2. The van der Waals surface area contributed by atoms with Gasteiger partial charge in [-0.2, -0.15) is 0 Å². The molecule has 4 saturated carbocycles. The van der Waals surface area contributed by atoms with E-state index in [9.17, 15) is 4.79 Å². The number of rotatable bonds is 3. The van der Waals surface area contributed by atoms with Gasteiger partial charge in [-0.05, 0) is 61.7 Å². The molecule has 5 aliphatic rings. The maximum Gasteiger partial charge on any atom is 0.225 e. The van der Waals surface area contributed by atoms with E-state index < -0.39 is 0 Å². The number of amides is 1. The van der Waals surface area contributed by atoms with E-state index in [2.05, 4.69) is 10.6 Å². The highest BCUT2D eigenvalue weighted by molar-refractivity contribution is 5.79. The molecule has 2 N–H and O–H groups in total. The standard InChI is InChI=1S/C15H24N2O/c18-15(13-6-16-7-13)17-8-14-11-2-9-1-10(4-11)5-12(14)3-9/h9-14,16H,1-8H2,(H,17,18). The molecule has 1 saturated heterocycles. The minimum Gasteiger partial charge on any atom is -0.355 e. The van der Waals surface area contributed by atoms with E-state index in [1.54, 1.807) is 0 Å². The molecule has 1 aliphatic heterocycles. The number of carbonyl (C=O) groups is 1. The average molecular weight is 248 g/mol. The van der Waals surface area contributed by atoms with Crippen molar-refractivity contribution in [1.82, 2.24) is 10.6 Å². The zero-order valence-electron chi connectivity index (χ0n) is 11.0. The maximum absolute atomic E-state index is 11.9. The van der Waals surface area contributed by atoms with Gasteiger partial charge in [0.1, 0.15) is 0 Å². The number of hydrogen-bond acceptors (Lipinski definition) is 2. The molecule has 0 radical (unpaired) electrons. The Bertz CT molecular complexity index is 322. The molecule has 1 amide bonds. The smallest absolute Gasteiger partial charge is 0.225 e. The predicted molar refractivity (Wildman–Crippen MR) is 69.9 cm³/mol. The van der Waals surface area contributed by atoms with Crippen LogP contribution in [-0.4, -0.2) is 25.5 Å². The fraction of sp³-hybridized carbons (Fsp3) is 0.933. The summed E-state index contributed by atoms with van der Waals surface area (Å²) in [5.74, 6) is 5.28. The third-order valence-electron chi connectivity index (χ3n) is 6.09. The number of nitrogens with one attached hydrogen (secondary N) is 2. The second-order valence-electron chi connectivity index (χ2n) is 7.19. The monoisotopic (exact) mass is 248 g/mol. The Kier molecular flexibility index (Phi) is 2.65. The summed E-state index contributed by atoms with van der Waals surface area (Å²) in [6.45, 7) is 2.73. The van der Waals surface area contributed by atoms with Crippen molar-refractivity contribution in [3.63, 3.8) is 0 Å². The summed E-state index contributed by atoms with van der Waals surface area (Å²) in [5.41, 5.74) is 0.